The highest BCUT2D eigenvalue weighted by Gasteiger charge is 2.12. The number of hydrogen-bond acceptors (Lipinski definition) is 3. The largest absolute Gasteiger partial charge is 0.478 e. The molecule has 0 atom stereocenters. The summed E-state index contributed by atoms with van der Waals surface area (Å²) in [5.41, 5.74) is 0.977. The number of furan rings is 1. The zero-order valence-electron chi connectivity index (χ0n) is 8.81. The lowest BCUT2D eigenvalue weighted by Gasteiger charge is -2.05. The lowest BCUT2D eigenvalue weighted by atomic mass is 10.2. The van der Waals surface area contributed by atoms with Gasteiger partial charge < -0.3 is 14.8 Å². The van der Waals surface area contributed by atoms with Crippen molar-refractivity contribution in [1.82, 2.24) is 0 Å². The molecule has 0 amide bonds. The Balaban J connectivity index is 2.07. The molecule has 2 N–H and O–H groups in total. The van der Waals surface area contributed by atoms with Gasteiger partial charge in [0.15, 0.2) is 0 Å². The van der Waals surface area contributed by atoms with Crippen molar-refractivity contribution >= 4 is 23.3 Å². The number of rotatable bonds is 4. The molecule has 0 fully saturated rings. The Morgan fingerprint density at radius 2 is 2.24 bits per heavy atom. The van der Waals surface area contributed by atoms with Crippen molar-refractivity contribution in [1.29, 1.82) is 0 Å². The molecule has 4 nitrogen and oxygen atoms in total. The Hall–Kier alpha value is -1.94. The first kappa shape index (κ1) is 11.5. The molecule has 0 saturated carbocycles. The fourth-order valence-corrected chi connectivity index (χ4v) is 1.64. The number of carboxylic acid groups (broad SMARTS) is 1. The van der Waals surface area contributed by atoms with E-state index in [0.29, 0.717) is 17.3 Å². The van der Waals surface area contributed by atoms with Crippen LogP contribution in [0.2, 0.25) is 5.02 Å². The average molecular weight is 252 g/mol. The van der Waals surface area contributed by atoms with E-state index < -0.39 is 5.97 Å². The maximum absolute atomic E-state index is 10.8. The molecule has 88 valence electrons. The summed E-state index contributed by atoms with van der Waals surface area (Å²) in [4.78, 5) is 10.8. The van der Waals surface area contributed by atoms with Gasteiger partial charge in [0.2, 0.25) is 0 Å². The van der Waals surface area contributed by atoms with E-state index in [4.69, 9.17) is 21.1 Å². The summed E-state index contributed by atoms with van der Waals surface area (Å²) in [5, 5.41) is 12.5. The van der Waals surface area contributed by atoms with E-state index in [-0.39, 0.29) is 5.56 Å². The number of hydrogen-bond donors (Lipinski definition) is 2. The van der Waals surface area contributed by atoms with Crippen molar-refractivity contribution in [3.63, 3.8) is 0 Å². The van der Waals surface area contributed by atoms with E-state index in [0.717, 1.165) is 5.69 Å². The van der Waals surface area contributed by atoms with Gasteiger partial charge in [-0.2, -0.15) is 0 Å². The SMILES string of the molecule is O=C(O)c1ccoc1CNc1cccc(Cl)c1. The van der Waals surface area contributed by atoms with Gasteiger partial charge in [-0.05, 0) is 24.3 Å². The molecule has 0 aliphatic rings. The van der Waals surface area contributed by atoms with Gasteiger partial charge in [-0.1, -0.05) is 17.7 Å². The summed E-state index contributed by atoms with van der Waals surface area (Å²) < 4.78 is 5.10. The van der Waals surface area contributed by atoms with Gasteiger partial charge in [-0.3, -0.25) is 0 Å². The van der Waals surface area contributed by atoms with Crippen LogP contribution in [-0.2, 0) is 6.54 Å². The highest BCUT2D eigenvalue weighted by atomic mass is 35.5. The predicted octanol–water partition coefficient (Wildman–Crippen LogP) is 3.24. The van der Waals surface area contributed by atoms with Crippen molar-refractivity contribution in [2.24, 2.45) is 0 Å². The van der Waals surface area contributed by atoms with E-state index in [1.807, 2.05) is 12.1 Å². The fraction of sp³-hybridized carbons (Fsp3) is 0.0833. The van der Waals surface area contributed by atoms with Gasteiger partial charge in [0, 0.05) is 10.7 Å². The van der Waals surface area contributed by atoms with Crippen molar-refractivity contribution < 1.29 is 14.3 Å². The number of carbonyl (C=O) groups is 1. The first-order valence-electron chi connectivity index (χ1n) is 4.96. The van der Waals surface area contributed by atoms with Crippen LogP contribution in [0.5, 0.6) is 0 Å². The second-order valence-corrected chi connectivity index (χ2v) is 3.86. The van der Waals surface area contributed by atoms with Crippen LogP contribution in [-0.4, -0.2) is 11.1 Å². The molecular weight excluding hydrogens is 242 g/mol. The van der Waals surface area contributed by atoms with Crippen molar-refractivity contribution in [2.45, 2.75) is 6.54 Å². The summed E-state index contributed by atoms with van der Waals surface area (Å²) in [5.74, 6) is -0.612. The topological polar surface area (TPSA) is 62.5 Å². The van der Waals surface area contributed by atoms with Gasteiger partial charge >= 0.3 is 5.97 Å². The van der Waals surface area contributed by atoms with Crippen molar-refractivity contribution in [2.75, 3.05) is 5.32 Å². The summed E-state index contributed by atoms with van der Waals surface area (Å²) >= 11 is 5.83. The van der Waals surface area contributed by atoms with Crippen LogP contribution in [0, 0.1) is 0 Å². The standard InChI is InChI=1S/C12H10ClNO3/c13-8-2-1-3-9(6-8)14-7-11-10(12(15)16)4-5-17-11/h1-6,14H,7H2,(H,15,16). The van der Waals surface area contributed by atoms with E-state index in [1.54, 1.807) is 12.1 Å². The number of anilines is 1. The quantitative estimate of drug-likeness (QED) is 0.876. The molecule has 0 bridgehead atoms. The fourth-order valence-electron chi connectivity index (χ4n) is 1.45. The molecule has 0 aliphatic carbocycles. The Morgan fingerprint density at radius 3 is 2.94 bits per heavy atom. The minimum Gasteiger partial charge on any atom is -0.478 e. The van der Waals surface area contributed by atoms with Crippen LogP contribution in [0.1, 0.15) is 16.1 Å². The molecule has 0 aliphatic heterocycles. The smallest absolute Gasteiger partial charge is 0.339 e. The molecule has 1 aromatic heterocycles. The van der Waals surface area contributed by atoms with E-state index in [9.17, 15) is 4.79 Å². The Kier molecular flexibility index (Phi) is 3.35. The first-order chi connectivity index (χ1) is 8.16. The lowest BCUT2D eigenvalue weighted by Crippen LogP contribution is -2.04. The molecule has 0 spiro atoms. The average Bonchev–Trinajstić information content (AvgIpc) is 2.74. The molecule has 0 radical (unpaired) electrons. The van der Waals surface area contributed by atoms with Crippen LogP contribution in [0.4, 0.5) is 5.69 Å². The summed E-state index contributed by atoms with van der Waals surface area (Å²) in [7, 11) is 0. The molecule has 2 rings (SSSR count). The summed E-state index contributed by atoms with van der Waals surface area (Å²) in [6.45, 7) is 0.301. The number of benzene rings is 1. The normalized spacial score (nSPS) is 10.2. The molecule has 5 heteroatoms. The monoisotopic (exact) mass is 251 g/mol. The minimum atomic E-state index is -0.998. The Bertz CT molecular complexity index is 536. The van der Waals surface area contributed by atoms with Crippen LogP contribution in [0.3, 0.4) is 0 Å². The number of aromatic carboxylic acids is 1. The maximum Gasteiger partial charge on any atom is 0.339 e. The maximum atomic E-state index is 10.8. The first-order valence-corrected chi connectivity index (χ1v) is 5.33. The van der Waals surface area contributed by atoms with Crippen LogP contribution < -0.4 is 5.32 Å². The molecular formula is C12H10ClNO3. The zero-order chi connectivity index (χ0) is 12.3. The molecule has 1 aromatic carbocycles. The Labute approximate surface area is 103 Å². The van der Waals surface area contributed by atoms with Gasteiger partial charge in [0.25, 0.3) is 0 Å². The third-order valence-electron chi connectivity index (χ3n) is 2.25. The van der Waals surface area contributed by atoms with E-state index >= 15 is 0 Å². The molecule has 17 heavy (non-hydrogen) atoms. The number of nitrogens with one attached hydrogen (secondary N) is 1. The third-order valence-corrected chi connectivity index (χ3v) is 2.49. The molecule has 2 aromatic rings. The van der Waals surface area contributed by atoms with Crippen LogP contribution in [0.25, 0.3) is 0 Å². The molecule has 1 heterocycles. The third kappa shape index (κ3) is 2.79. The number of carboxylic acids is 1. The van der Waals surface area contributed by atoms with Gasteiger partial charge in [-0.25, -0.2) is 4.79 Å². The van der Waals surface area contributed by atoms with Crippen LogP contribution >= 0.6 is 11.6 Å². The second kappa shape index (κ2) is 4.93. The van der Waals surface area contributed by atoms with Crippen molar-refractivity contribution in [3.05, 3.63) is 52.9 Å². The minimum absolute atomic E-state index is 0.166. The molecule has 0 saturated heterocycles. The second-order valence-electron chi connectivity index (χ2n) is 3.43. The van der Waals surface area contributed by atoms with E-state index in [2.05, 4.69) is 5.32 Å². The van der Waals surface area contributed by atoms with Gasteiger partial charge in [0.05, 0.1) is 12.8 Å². The van der Waals surface area contributed by atoms with Crippen LogP contribution in [0.15, 0.2) is 41.0 Å². The predicted molar refractivity (Wildman–Crippen MR) is 64.4 cm³/mol. The van der Waals surface area contributed by atoms with Gasteiger partial charge in [-0.15, -0.1) is 0 Å². The number of halogens is 1. The lowest BCUT2D eigenvalue weighted by molar-refractivity contribution is 0.0694. The summed E-state index contributed by atoms with van der Waals surface area (Å²) in [6, 6.07) is 8.60. The highest BCUT2D eigenvalue weighted by Crippen LogP contribution is 2.17. The zero-order valence-corrected chi connectivity index (χ0v) is 9.57. The Morgan fingerprint density at radius 1 is 1.41 bits per heavy atom. The summed E-state index contributed by atoms with van der Waals surface area (Å²) in [6.07, 6.45) is 1.36. The molecule has 0 unspecified atom stereocenters. The van der Waals surface area contributed by atoms with E-state index in [1.165, 1.54) is 12.3 Å². The highest BCUT2D eigenvalue weighted by molar-refractivity contribution is 6.30. The van der Waals surface area contributed by atoms with Gasteiger partial charge in [0.1, 0.15) is 11.3 Å². The van der Waals surface area contributed by atoms with Crippen molar-refractivity contribution in [3.8, 4) is 0 Å².